The van der Waals surface area contributed by atoms with Crippen molar-refractivity contribution in [2.45, 2.75) is 19.0 Å². The van der Waals surface area contributed by atoms with E-state index in [2.05, 4.69) is 4.74 Å². The number of carbonyl (C=O) groups is 2. The molecule has 1 aromatic carbocycles. The lowest BCUT2D eigenvalue weighted by molar-refractivity contribution is -0.180. The van der Waals surface area contributed by atoms with Gasteiger partial charge in [0.1, 0.15) is 6.61 Å². The van der Waals surface area contributed by atoms with Crippen LogP contribution in [0.2, 0.25) is 0 Å². The summed E-state index contributed by atoms with van der Waals surface area (Å²) in [6, 6.07) is 6.35. The van der Waals surface area contributed by atoms with E-state index >= 15 is 0 Å². The number of hydrogen-bond acceptors (Lipinski definition) is 5. The molecular weight excluding hydrogens is 274 g/mol. The van der Waals surface area contributed by atoms with Gasteiger partial charge in [-0.25, -0.2) is 4.79 Å². The molecule has 7 heteroatoms. The van der Waals surface area contributed by atoms with Gasteiger partial charge in [-0.2, -0.15) is 8.78 Å². The number of carbonyl (C=O) groups excluding carboxylic acids is 2. The summed E-state index contributed by atoms with van der Waals surface area (Å²) in [5.41, 5.74) is 0. The molecule has 1 aliphatic heterocycles. The minimum atomic E-state index is -4.25. The van der Waals surface area contributed by atoms with Gasteiger partial charge in [0, 0.05) is 0 Å². The molecule has 0 fully saturated rings. The quantitative estimate of drug-likeness (QED) is 0.621. The van der Waals surface area contributed by atoms with Crippen LogP contribution in [0.3, 0.4) is 0 Å². The maximum Gasteiger partial charge on any atom is 0.403 e. The Morgan fingerprint density at radius 2 is 2.00 bits per heavy atom. The minimum Gasteiger partial charge on any atom is -0.485 e. The molecule has 0 bridgehead atoms. The molecule has 0 aromatic heterocycles. The van der Waals surface area contributed by atoms with Crippen molar-refractivity contribution in [1.82, 2.24) is 0 Å². The highest BCUT2D eigenvalue weighted by molar-refractivity contribution is 6.07. The first-order valence-corrected chi connectivity index (χ1v) is 5.94. The van der Waals surface area contributed by atoms with Crippen molar-refractivity contribution in [2.24, 2.45) is 0 Å². The Kier molecular flexibility index (Phi) is 3.87. The molecule has 2 rings (SSSR count). The Labute approximate surface area is 113 Å². The molecule has 1 atom stereocenters. The van der Waals surface area contributed by atoms with E-state index in [0.717, 1.165) is 0 Å². The Bertz CT molecular complexity index is 529. The number of ether oxygens (including phenoxy) is 3. The number of rotatable bonds is 4. The van der Waals surface area contributed by atoms with Crippen LogP contribution in [0.5, 0.6) is 11.5 Å². The van der Waals surface area contributed by atoms with Gasteiger partial charge < -0.3 is 14.2 Å². The first-order valence-electron chi connectivity index (χ1n) is 5.94. The molecule has 0 radical (unpaired) electrons. The van der Waals surface area contributed by atoms with Crippen LogP contribution in [0.1, 0.15) is 6.92 Å². The van der Waals surface area contributed by atoms with E-state index in [4.69, 9.17) is 9.47 Å². The van der Waals surface area contributed by atoms with E-state index in [0.29, 0.717) is 5.75 Å². The normalized spacial score (nSPS) is 17.4. The van der Waals surface area contributed by atoms with Crippen molar-refractivity contribution in [3.05, 3.63) is 24.3 Å². The van der Waals surface area contributed by atoms with Gasteiger partial charge in [-0.3, -0.25) is 4.79 Å². The number of fused-ring (bicyclic) bond motifs is 1. The summed E-state index contributed by atoms with van der Waals surface area (Å²) in [5, 5.41) is 0. The molecule has 0 saturated carbocycles. The zero-order chi connectivity index (χ0) is 14.8. The van der Waals surface area contributed by atoms with Crippen molar-refractivity contribution in [3.63, 3.8) is 0 Å². The molecule has 108 valence electrons. The predicted molar refractivity (Wildman–Crippen MR) is 62.9 cm³/mol. The number of para-hydroxylation sites is 2. The number of hydrogen-bond donors (Lipinski definition) is 0. The smallest absolute Gasteiger partial charge is 0.403 e. The summed E-state index contributed by atoms with van der Waals surface area (Å²) in [6.07, 6.45) is -1.55. The van der Waals surface area contributed by atoms with Gasteiger partial charge >= 0.3 is 11.9 Å². The summed E-state index contributed by atoms with van der Waals surface area (Å²) < 4.78 is 41.7. The molecular formula is C13H12F2O5. The highest BCUT2D eigenvalue weighted by atomic mass is 19.3. The topological polar surface area (TPSA) is 61.8 Å². The zero-order valence-electron chi connectivity index (χ0n) is 10.6. The van der Waals surface area contributed by atoms with Crippen LogP contribution < -0.4 is 9.47 Å². The van der Waals surface area contributed by atoms with Crippen LogP contribution in [-0.2, 0) is 14.3 Å². The molecule has 5 nitrogen and oxygen atoms in total. The first kappa shape index (κ1) is 14.2. The van der Waals surface area contributed by atoms with Crippen LogP contribution in [-0.4, -0.2) is 37.0 Å². The third-order valence-corrected chi connectivity index (χ3v) is 2.64. The summed E-state index contributed by atoms with van der Waals surface area (Å²) in [7, 11) is 0. The highest BCUT2D eigenvalue weighted by Crippen LogP contribution is 2.32. The molecule has 20 heavy (non-hydrogen) atoms. The molecule has 1 unspecified atom stereocenters. The Balaban J connectivity index is 2.13. The fourth-order valence-electron chi connectivity index (χ4n) is 1.67. The molecule has 0 saturated heterocycles. The second kappa shape index (κ2) is 5.44. The van der Waals surface area contributed by atoms with E-state index < -0.39 is 23.8 Å². The van der Waals surface area contributed by atoms with Crippen LogP contribution in [0, 0.1) is 0 Å². The van der Waals surface area contributed by atoms with Crippen molar-refractivity contribution >= 4 is 11.8 Å². The molecule has 0 N–H and O–H groups in total. The number of alkyl halides is 2. The van der Waals surface area contributed by atoms with Crippen molar-refractivity contribution in [1.29, 1.82) is 0 Å². The van der Waals surface area contributed by atoms with Crippen LogP contribution in [0.25, 0.3) is 0 Å². The number of Topliss-reactive ketones (excluding diaryl/α,β-unsaturated/α-hetero) is 1. The highest BCUT2D eigenvalue weighted by Gasteiger charge is 2.53. The van der Waals surface area contributed by atoms with E-state index in [1.807, 2.05) is 0 Å². The van der Waals surface area contributed by atoms with Crippen LogP contribution in [0.15, 0.2) is 24.3 Å². The van der Waals surface area contributed by atoms with Gasteiger partial charge in [-0.1, -0.05) is 12.1 Å². The standard InChI is InChI=1S/C13H12F2O5/c1-2-18-12(17)13(14,15)11(16)10-7-19-8-5-3-4-6-9(8)20-10/h3-6,10H,2,7H2,1H3. The van der Waals surface area contributed by atoms with Gasteiger partial charge in [-0.15, -0.1) is 0 Å². The lowest BCUT2D eigenvalue weighted by Crippen LogP contribution is -2.50. The van der Waals surface area contributed by atoms with Gasteiger partial charge in [0.15, 0.2) is 17.6 Å². The largest absolute Gasteiger partial charge is 0.485 e. The third-order valence-electron chi connectivity index (χ3n) is 2.64. The summed E-state index contributed by atoms with van der Waals surface area (Å²) >= 11 is 0. The third kappa shape index (κ3) is 2.56. The van der Waals surface area contributed by atoms with Crippen LogP contribution in [0.4, 0.5) is 8.78 Å². The molecule has 0 aliphatic carbocycles. The van der Waals surface area contributed by atoms with Crippen LogP contribution >= 0.6 is 0 Å². The summed E-state index contributed by atoms with van der Waals surface area (Å²) in [6.45, 7) is 0.742. The monoisotopic (exact) mass is 286 g/mol. The van der Waals surface area contributed by atoms with Crippen molar-refractivity contribution in [2.75, 3.05) is 13.2 Å². The zero-order valence-corrected chi connectivity index (χ0v) is 10.6. The minimum absolute atomic E-state index is 0.178. The second-order valence-corrected chi connectivity index (χ2v) is 4.02. The molecule has 0 amide bonds. The molecule has 1 heterocycles. The average Bonchev–Trinajstić information content (AvgIpc) is 2.46. The first-order chi connectivity index (χ1) is 9.46. The van der Waals surface area contributed by atoms with Gasteiger partial charge in [-0.05, 0) is 19.1 Å². The van der Waals surface area contributed by atoms with Gasteiger partial charge in [0.05, 0.1) is 6.61 Å². The number of benzene rings is 1. The number of halogens is 2. The molecule has 1 aliphatic rings. The Hall–Kier alpha value is -2.18. The molecule has 0 spiro atoms. The van der Waals surface area contributed by atoms with E-state index in [9.17, 15) is 18.4 Å². The lowest BCUT2D eigenvalue weighted by atomic mass is 10.1. The van der Waals surface area contributed by atoms with Gasteiger partial charge in [0.2, 0.25) is 0 Å². The SMILES string of the molecule is CCOC(=O)C(F)(F)C(=O)C1COc2ccccc2O1. The maximum absolute atomic E-state index is 13.6. The van der Waals surface area contributed by atoms with Gasteiger partial charge in [0.25, 0.3) is 5.78 Å². The van der Waals surface area contributed by atoms with E-state index in [-0.39, 0.29) is 19.0 Å². The summed E-state index contributed by atoms with van der Waals surface area (Å²) in [5.74, 6) is -7.28. The maximum atomic E-state index is 13.6. The Morgan fingerprint density at radius 3 is 2.65 bits per heavy atom. The number of ketones is 1. The Morgan fingerprint density at radius 1 is 1.35 bits per heavy atom. The molecule has 1 aromatic rings. The summed E-state index contributed by atoms with van der Waals surface area (Å²) in [4.78, 5) is 22.8. The predicted octanol–water partition coefficient (Wildman–Crippen LogP) is 1.59. The van der Waals surface area contributed by atoms with Crippen molar-refractivity contribution in [3.8, 4) is 11.5 Å². The average molecular weight is 286 g/mol. The second-order valence-electron chi connectivity index (χ2n) is 4.02. The van der Waals surface area contributed by atoms with Crippen molar-refractivity contribution < 1.29 is 32.6 Å². The lowest BCUT2D eigenvalue weighted by Gasteiger charge is -2.27. The number of esters is 1. The fraction of sp³-hybridized carbons (Fsp3) is 0.385. The van der Waals surface area contributed by atoms with E-state index in [1.165, 1.54) is 13.0 Å². The fourth-order valence-corrected chi connectivity index (χ4v) is 1.67. The van der Waals surface area contributed by atoms with E-state index in [1.54, 1.807) is 18.2 Å².